The fourth-order valence-electron chi connectivity index (χ4n) is 5.11. The summed E-state index contributed by atoms with van der Waals surface area (Å²) in [4.78, 5) is 26.4. The molecule has 1 unspecified atom stereocenters. The molecule has 2 amide bonds. The summed E-state index contributed by atoms with van der Waals surface area (Å²) in [6, 6.07) is 10.6. The zero-order valence-corrected chi connectivity index (χ0v) is 22.8. The van der Waals surface area contributed by atoms with E-state index in [4.69, 9.17) is 4.74 Å². The minimum absolute atomic E-state index is 0.0328. The standard InChI is InChI=1S/C32H27F5N2O3/c1-3-22(32(35,36)37)11-12-39(17-40)30-25-15-23(9-10-26(25)33)42-27-6-4-5-18(2)28(27)20-13-21(16-38-31(30)41)29(34)24(14-20)19-7-8-19/h3-6,9-15,17,19,30H,7-8,16H2,1-2H3,(H,38,41)/b12-11-,22-3+. The van der Waals surface area contributed by atoms with Crippen molar-refractivity contribution < 1.29 is 36.3 Å². The van der Waals surface area contributed by atoms with E-state index in [1.165, 1.54) is 19.1 Å². The van der Waals surface area contributed by atoms with Gasteiger partial charge < -0.3 is 15.0 Å². The number of fused-ring (bicyclic) bond motifs is 6. The van der Waals surface area contributed by atoms with Crippen LogP contribution in [0.5, 0.6) is 11.5 Å². The molecular weight excluding hydrogens is 555 g/mol. The molecule has 1 saturated carbocycles. The predicted octanol–water partition coefficient (Wildman–Crippen LogP) is 7.76. The highest BCUT2D eigenvalue weighted by atomic mass is 19.4. The Kier molecular flexibility index (Phi) is 7.90. The quantitative estimate of drug-likeness (QED) is 0.190. The summed E-state index contributed by atoms with van der Waals surface area (Å²) in [5.41, 5.74) is 1.49. The van der Waals surface area contributed by atoms with E-state index in [0.29, 0.717) is 33.4 Å². The molecule has 1 heterocycles. The van der Waals surface area contributed by atoms with Crippen molar-refractivity contribution in [2.45, 2.75) is 51.4 Å². The number of nitrogens with zero attached hydrogens (tertiary/aromatic N) is 1. The van der Waals surface area contributed by atoms with Gasteiger partial charge in [0.05, 0.1) is 5.57 Å². The number of hydrogen-bond donors (Lipinski definition) is 1. The van der Waals surface area contributed by atoms with Crippen LogP contribution in [0.4, 0.5) is 22.0 Å². The molecule has 3 aromatic rings. The lowest BCUT2D eigenvalue weighted by atomic mass is 9.93. The lowest BCUT2D eigenvalue weighted by molar-refractivity contribution is -0.131. The number of amides is 2. The Morgan fingerprint density at radius 3 is 2.50 bits per heavy atom. The first kappa shape index (κ1) is 29.0. The Morgan fingerprint density at radius 1 is 1.07 bits per heavy atom. The Hall–Kier alpha value is -4.47. The summed E-state index contributed by atoms with van der Waals surface area (Å²) in [5, 5.41) is 2.57. The van der Waals surface area contributed by atoms with Crippen LogP contribution >= 0.6 is 0 Å². The number of benzene rings is 3. The Bertz CT molecular complexity index is 1610. The number of halogens is 5. The second-order valence-electron chi connectivity index (χ2n) is 10.3. The van der Waals surface area contributed by atoms with E-state index in [1.54, 1.807) is 24.3 Å². The lowest BCUT2D eigenvalue weighted by Crippen LogP contribution is -2.38. The summed E-state index contributed by atoms with van der Waals surface area (Å²) in [6.07, 6.45) is -0.779. The Labute approximate surface area is 239 Å². The number of carbonyl (C=O) groups is 2. The predicted molar refractivity (Wildman–Crippen MR) is 146 cm³/mol. The van der Waals surface area contributed by atoms with Crippen LogP contribution < -0.4 is 10.1 Å². The van der Waals surface area contributed by atoms with E-state index in [9.17, 15) is 22.8 Å². The van der Waals surface area contributed by atoms with E-state index >= 15 is 8.78 Å². The first-order valence-corrected chi connectivity index (χ1v) is 13.3. The van der Waals surface area contributed by atoms with Gasteiger partial charge >= 0.3 is 6.18 Å². The summed E-state index contributed by atoms with van der Waals surface area (Å²) in [6.45, 7) is 2.74. The SMILES string of the molecule is C/C=C(\C=C/N(C=O)C1C(=O)NCc2cc(cc(C3CC3)c2F)-c2c(C)cccc2Oc2ccc(F)c1c2)C(F)(F)F. The van der Waals surface area contributed by atoms with Gasteiger partial charge in [-0.1, -0.05) is 18.2 Å². The molecular formula is C32H27F5N2O3. The van der Waals surface area contributed by atoms with Gasteiger partial charge in [0.1, 0.15) is 29.2 Å². The molecule has 1 N–H and O–H groups in total. The van der Waals surface area contributed by atoms with E-state index in [1.807, 2.05) is 13.0 Å². The second-order valence-corrected chi connectivity index (χ2v) is 10.3. The van der Waals surface area contributed by atoms with Crippen molar-refractivity contribution >= 4 is 12.3 Å². The number of nitrogens with one attached hydrogen (secondary N) is 1. The maximum Gasteiger partial charge on any atom is 0.416 e. The first-order valence-electron chi connectivity index (χ1n) is 13.3. The molecule has 5 rings (SSSR count). The number of aryl methyl sites for hydroxylation is 1. The van der Waals surface area contributed by atoms with Crippen LogP contribution in [-0.4, -0.2) is 23.4 Å². The average Bonchev–Trinajstić information content (AvgIpc) is 3.78. The van der Waals surface area contributed by atoms with Gasteiger partial charge in [0.2, 0.25) is 12.3 Å². The van der Waals surface area contributed by atoms with Gasteiger partial charge in [0.15, 0.2) is 0 Å². The number of alkyl halides is 3. The zero-order chi connectivity index (χ0) is 30.2. The molecule has 1 aliphatic carbocycles. The molecule has 0 aromatic heterocycles. The van der Waals surface area contributed by atoms with Crippen molar-refractivity contribution in [2.24, 2.45) is 0 Å². The van der Waals surface area contributed by atoms with Crippen LogP contribution in [0.1, 0.15) is 54.0 Å². The van der Waals surface area contributed by atoms with E-state index < -0.39 is 35.3 Å². The maximum atomic E-state index is 15.7. The molecule has 2 aliphatic rings. The third-order valence-corrected chi connectivity index (χ3v) is 7.39. The summed E-state index contributed by atoms with van der Waals surface area (Å²) in [7, 11) is 0. The van der Waals surface area contributed by atoms with Gasteiger partial charge in [0, 0.05) is 29.4 Å². The zero-order valence-electron chi connectivity index (χ0n) is 22.8. The summed E-state index contributed by atoms with van der Waals surface area (Å²) >= 11 is 0. The molecule has 10 heteroatoms. The number of ether oxygens (including phenoxy) is 1. The average molecular weight is 583 g/mol. The third-order valence-electron chi connectivity index (χ3n) is 7.39. The van der Waals surface area contributed by atoms with Crippen molar-refractivity contribution in [3.05, 3.63) is 106 Å². The number of rotatable bonds is 5. The van der Waals surface area contributed by atoms with Crippen LogP contribution in [-0.2, 0) is 16.1 Å². The van der Waals surface area contributed by atoms with Gasteiger partial charge in [-0.2, -0.15) is 13.2 Å². The van der Waals surface area contributed by atoms with E-state index in [2.05, 4.69) is 5.32 Å². The highest BCUT2D eigenvalue weighted by molar-refractivity contribution is 5.86. The second kappa shape index (κ2) is 11.4. The number of hydrogen-bond acceptors (Lipinski definition) is 3. The summed E-state index contributed by atoms with van der Waals surface area (Å²) < 4.78 is 77.2. The molecule has 0 spiro atoms. The molecule has 0 radical (unpaired) electrons. The van der Waals surface area contributed by atoms with Crippen molar-refractivity contribution in [1.82, 2.24) is 10.2 Å². The van der Waals surface area contributed by atoms with Crippen LogP contribution in [0.15, 0.2) is 72.5 Å². The van der Waals surface area contributed by atoms with Gasteiger partial charge in [0.25, 0.3) is 0 Å². The Balaban J connectivity index is 1.68. The maximum absolute atomic E-state index is 15.7. The van der Waals surface area contributed by atoms with Crippen molar-refractivity contribution in [3.63, 3.8) is 0 Å². The van der Waals surface area contributed by atoms with Gasteiger partial charge in [-0.05, 0) is 91.8 Å². The van der Waals surface area contributed by atoms with Gasteiger partial charge in [-0.15, -0.1) is 0 Å². The molecule has 218 valence electrons. The molecule has 5 nitrogen and oxygen atoms in total. The van der Waals surface area contributed by atoms with Crippen molar-refractivity contribution in [2.75, 3.05) is 0 Å². The van der Waals surface area contributed by atoms with E-state index in [-0.39, 0.29) is 35.7 Å². The molecule has 1 atom stereocenters. The fourth-order valence-corrected chi connectivity index (χ4v) is 5.11. The highest BCUT2D eigenvalue weighted by Gasteiger charge is 2.34. The largest absolute Gasteiger partial charge is 0.457 e. The van der Waals surface area contributed by atoms with Crippen LogP contribution in [0, 0.1) is 18.6 Å². The first-order chi connectivity index (χ1) is 20.0. The molecule has 0 saturated heterocycles. The molecule has 3 aromatic carbocycles. The smallest absolute Gasteiger partial charge is 0.416 e. The van der Waals surface area contributed by atoms with Crippen molar-refractivity contribution in [3.8, 4) is 22.6 Å². The monoisotopic (exact) mass is 582 g/mol. The van der Waals surface area contributed by atoms with Gasteiger partial charge in [-0.3, -0.25) is 9.59 Å². The normalized spacial score (nSPS) is 17.4. The molecule has 1 aliphatic heterocycles. The summed E-state index contributed by atoms with van der Waals surface area (Å²) in [5.74, 6) is -1.75. The molecule has 4 bridgehead atoms. The topological polar surface area (TPSA) is 58.6 Å². The van der Waals surface area contributed by atoms with Crippen LogP contribution in [0.3, 0.4) is 0 Å². The highest BCUT2D eigenvalue weighted by Crippen LogP contribution is 2.45. The van der Waals surface area contributed by atoms with Crippen LogP contribution in [0.25, 0.3) is 11.1 Å². The minimum Gasteiger partial charge on any atom is -0.457 e. The number of allylic oxidation sites excluding steroid dienone is 3. The molecule has 42 heavy (non-hydrogen) atoms. The van der Waals surface area contributed by atoms with Gasteiger partial charge in [-0.25, -0.2) is 8.78 Å². The van der Waals surface area contributed by atoms with Crippen LogP contribution in [0.2, 0.25) is 0 Å². The van der Waals surface area contributed by atoms with E-state index in [0.717, 1.165) is 36.7 Å². The molecule has 1 fully saturated rings. The Morgan fingerprint density at radius 2 is 1.83 bits per heavy atom. The van der Waals surface area contributed by atoms with Crippen molar-refractivity contribution in [1.29, 1.82) is 0 Å². The fraction of sp³-hybridized carbons (Fsp3) is 0.250. The third kappa shape index (κ3) is 5.79. The number of carbonyl (C=O) groups excluding carboxylic acids is 2. The lowest BCUT2D eigenvalue weighted by Gasteiger charge is -2.26. The minimum atomic E-state index is -4.72.